The van der Waals surface area contributed by atoms with Crippen LogP contribution in [0.25, 0.3) is 0 Å². The van der Waals surface area contributed by atoms with Crippen LogP contribution in [-0.4, -0.2) is 63.1 Å². The van der Waals surface area contributed by atoms with Crippen molar-refractivity contribution in [2.24, 2.45) is 0 Å². The summed E-state index contributed by atoms with van der Waals surface area (Å²) in [5, 5.41) is 0. The average Bonchev–Trinajstić information content (AvgIpc) is 2.88. The summed E-state index contributed by atoms with van der Waals surface area (Å²) in [4.78, 5) is 74.9. The second-order valence-corrected chi connectivity index (χ2v) is 6.84. The van der Waals surface area contributed by atoms with Gasteiger partial charge in [0.05, 0.1) is 0 Å². The highest BCUT2D eigenvalue weighted by Gasteiger charge is 2.55. The third-order valence-corrected chi connectivity index (χ3v) is 4.50. The van der Waals surface area contributed by atoms with Gasteiger partial charge in [0, 0.05) is 39.5 Å². The van der Waals surface area contributed by atoms with E-state index in [4.69, 9.17) is 14.2 Å². The number of likely N-dealkylation sites (tertiary alicyclic amines) is 1. The topological polar surface area (TPSA) is 154 Å². The molecule has 1 aromatic heterocycles. The van der Waals surface area contributed by atoms with Crippen LogP contribution in [0.1, 0.15) is 39.4 Å². The average molecular weight is 425 g/mol. The summed E-state index contributed by atoms with van der Waals surface area (Å²) in [6.07, 6.45) is -2.60. The standard InChI is InChI=1S/C18H23N3O9/c1-8-6-20(18(27)19-16(8)26)17-15(30-12(5)25)14(29-11(4)24)13(7-28-10(3)23)21(17)9(2)22/h6,13-15,17H,7H2,1-5H3,(H,19,26,27)/t13-,14-,15-,17-/m1/s1. The molecule has 12 nitrogen and oxygen atoms in total. The Balaban J connectivity index is 2.71. The van der Waals surface area contributed by atoms with Crippen LogP contribution in [0.2, 0.25) is 0 Å². The van der Waals surface area contributed by atoms with Crippen LogP contribution >= 0.6 is 0 Å². The number of H-pyrrole nitrogens is 1. The van der Waals surface area contributed by atoms with Crippen LogP contribution in [0.15, 0.2) is 15.8 Å². The molecule has 0 spiro atoms. The number of nitrogens with zero attached hydrogens (tertiary/aromatic N) is 2. The predicted molar refractivity (Wildman–Crippen MR) is 99.1 cm³/mol. The summed E-state index contributed by atoms with van der Waals surface area (Å²) in [5.41, 5.74) is -1.33. The molecular formula is C18H23N3O9. The molecule has 0 aliphatic carbocycles. The van der Waals surface area contributed by atoms with Gasteiger partial charge in [-0.3, -0.25) is 33.5 Å². The highest BCUT2D eigenvalue weighted by Crippen LogP contribution is 2.36. The van der Waals surface area contributed by atoms with E-state index in [0.29, 0.717) is 0 Å². The van der Waals surface area contributed by atoms with Gasteiger partial charge in [0.2, 0.25) is 5.91 Å². The van der Waals surface area contributed by atoms with E-state index in [0.717, 1.165) is 30.2 Å². The monoisotopic (exact) mass is 425 g/mol. The molecular weight excluding hydrogens is 402 g/mol. The maximum atomic E-state index is 12.5. The van der Waals surface area contributed by atoms with Gasteiger partial charge < -0.3 is 19.1 Å². The molecule has 1 fully saturated rings. The van der Waals surface area contributed by atoms with E-state index in [1.807, 2.05) is 0 Å². The third kappa shape index (κ3) is 4.75. The fraction of sp³-hybridized carbons (Fsp3) is 0.556. The Hall–Kier alpha value is -3.44. The summed E-state index contributed by atoms with van der Waals surface area (Å²) in [6.45, 7) is 5.65. The molecule has 0 unspecified atom stereocenters. The number of carbonyl (C=O) groups is 4. The van der Waals surface area contributed by atoms with Gasteiger partial charge in [-0.15, -0.1) is 0 Å². The SMILES string of the molecule is CC(=O)OC[C@@H]1[C@@H](OC(C)=O)[C@@H](OC(C)=O)[C@H](n2cc(C)c(=O)[nH]c2=O)N1C(C)=O. The zero-order valence-corrected chi connectivity index (χ0v) is 17.2. The first kappa shape index (κ1) is 22.8. The van der Waals surface area contributed by atoms with E-state index in [-0.39, 0.29) is 12.2 Å². The van der Waals surface area contributed by atoms with Crippen molar-refractivity contribution in [3.8, 4) is 0 Å². The maximum absolute atomic E-state index is 12.5. The smallest absolute Gasteiger partial charge is 0.330 e. The number of ether oxygens (including phenoxy) is 3. The molecule has 1 aliphatic rings. The van der Waals surface area contributed by atoms with Crippen molar-refractivity contribution in [2.45, 2.75) is 59.0 Å². The molecule has 1 aliphatic heterocycles. The summed E-state index contributed by atoms with van der Waals surface area (Å²) in [5.74, 6) is -2.71. The van der Waals surface area contributed by atoms with Gasteiger partial charge in [0.1, 0.15) is 12.6 Å². The molecule has 164 valence electrons. The number of esters is 3. The lowest BCUT2D eigenvalue weighted by Crippen LogP contribution is -2.47. The minimum Gasteiger partial charge on any atom is -0.464 e. The van der Waals surface area contributed by atoms with Crippen molar-refractivity contribution < 1.29 is 33.4 Å². The van der Waals surface area contributed by atoms with Crippen molar-refractivity contribution >= 4 is 23.8 Å². The number of hydrogen-bond acceptors (Lipinski definition) is 9. The first-order valence-electron chi connectivity index (χ1n) is 9.02. The van der Waals surface area contributed by atoms with Gasteiger partial charge in [-0.05, 0) is 6.92 Å². The van der Waals surface area contributed by atoms with E-state index in [2.05, 4.69) is 4.98 Å². The summed E-state index contributed by atoms with van der Waals surface area (Å²) in [6, 6.07) is -1.05. The highest BCUT2D eigenvalue weighted by molar-refractivity contribution is 5.75. The van der Waals surface area contributed by atoms with E-state index in [1.54, 1.807) is 0 Å². The molecule has 4 atom stereocenters. The lowest BCUT2D eigenvalue weighted by molar-refractivity contribution is -0.166. The molecule has 12 heteroatoms. The molecule has 0 radical (unpaired) electrons. The Morgan fingerprint density at radius 2 is 1.53 bits per heavy atom. The van der Waals surface area contributed by atoms with E-state index < -0.39 is 59.5 Å². The molecule has 2 rings (SSSR count). The van der Waals surface area contributed by atoms with Crippen molar-refractivity contribution in [1.29, 1.82) is 0 Å². The van der Waals surface area contributed by atoms with Crippen LogP contribution in [0.3, 0.4) is 0 Å². The Labute approximate surface area is 170 Å². The van der Waals surface area contributed by atoms with Crippen molar-refractivity contribution in [3.63, 3.8) is 0 Å². The maximum Gasteiger partial charge on any atom is 0.330 e. The van der Waals surface area contributed by atoms with Crippen LogP contribution in [0.4, 0.5) is 0 Å². The highest BCUT2D eigenvalue weighted by atomic mass is 16.6. The van der Waals surface area contributed by atoms with Crippen LogP contribution < -0.4 is 11.2 Å². The van der Waals surface area contributed by atoms with E-state index in [1.165, 1.54) is 20.0 Å². The molecule has 2 heterocycles. The van der Waals surface area contributed by atoms with Crippen LogP contribution in [0, 0.1) is 6.92 Å². The first-order chi connectivity index (χ1) is 13.9. The van der Waals surface area contributed by atoms with Gasteiger partial charge in [0.25, 0.3) is 5.56 Å². The van der Waals surface area contributed by atoms with E-state index in [9.17, 15) is 28.8 Å². The van der Waals surface area contributed by atoms with Gasteiger partial charge in [-0.1, -0.05) is 0 Å². The summed E-state index contributed by atoms with van der Waals surface area (Å²) >= 11 is 0. The van der Waals surface area contributed by atoms with Gasteiger partial charge in [0.15, 0.2) is 18.4 Å². The molecule has 1 amide bonds. The number of amides is 1. The summed E-state index contributed by atoms with van der Waals surface area (Å²) < 4.78 is 16.7. The molecule has 0 aromatic carbocycles. The Kier molecular flexibility index (Phi) is 6.80. The Morgan fingerprint density at radius 3 is 2.03 bits per heavy atom. The number of rotatable bonds is 5. The molecule has 1 N–H and O–H groups in total. The zero-order chi connectivity index (χ0) is 22.7. The van der Waals surface area contributed by atoms with Gasteiger partial charge >= 0.3 is 23.6 Å². The Morgan fingerprint density at radius 1 is 0.967 bits per heavy atom. The second kappa shape index (κ2) is 8.93. The minimum absolute atomic E-state index is 0.159. The predicted octanol–water partition coefficient (Wildman–Crippen LogP) is -0.999. The van der Waals surface area contributed by atoms with Crippen molar-refractivity contribution in [2.75, 3.05) is 6.61 Å². The van der Waals surface area contributed by atoms with E-state index >= 15 is 0 Å². The number of aromatic nitrogens is 2. The minimum atomic E-state index is -1.31. The molecule has 0 saturated carbocycles. The second-order valence-electron chi connectivity index (χ2n) is 6.84. The third-order valence-electron chi connectivity index (χ3n) is 4.50. The summed E-state index contributed by atoms with van der Waals surface area (Å²) in [7, 11) is 0. The Bertz CT molecular complexity index is 980. The molecule has 30 heavy (non-hydrogen) atoms. The lowest BCUT2D eigenvalue weighted by atomic mass is 10.1. The largest absolute Gasteiger partial charge is 0.464 e. The molecule has 0 bridgehead atoms. The number of carbonyl (C=O) groups excluding carboxylic acids is 4. The number of nitrogens with one attached hydrogen (secondary N) is 1. The number of hydrogen-bond donors (Lipinski definition) is 1. The molecule has 1 aromatic rings. The van der Waals surface area contributed by atoms with Gasteiger partial charge in [-0.25, -0.2) is 4.79 Å². The quantitative estimate of drug-likeness (QED) is 0.462. The number of aromatic amines is 1. The molecule has 1 saturated heterocycles. The lowest BCUT2D eigenvalue weighted by Gasteiger charge is -2.30. The first-order valence-corrected chi connectivity index (χ1v) is 9.02. The van der Waals surface area contributed by atoms with Crippen LogP contribution in [0.5, 0.6) is 0 Å². The van der Waals surface area contributed by atoms with Crippen molar-refractivity contribution in [1.82, 2.24) is 14.5 Å². The fourth-order valence-corrected chi connectivity index (χ4v) is 3.43. The zero-order valence-electron chi connectivity index (χ0n) is 17.2. The number of aryl methyl sites for hydroxylation is 1. The normalized spacial score (nSPS) is 23.0. The van der Waals surface area contributed by atoms with Crippen molar-refractivity contribution in [3.05, 3.63) is 32.6 Å². The fourth-order valence-electron chi connectivity index (χ4n) is 3.43. The van der Waals surface area contributed by atoms with Crippen LogP contribution in [-0.2, 0) is 33.4 Å². The van der Waals surface area contributed by atoms with Gasteiger partial charge in [-0.2, -0.15) is 0 Å².